The molecule has 5 heteroatoms. The molecule has 0 nitrogen and oxygen atoms in total. The largest absolute Gasteiger partial charge is 0.379 e. The average Bonchev–Trinajstić information content (AvgIpc) is 1.41. The molecule has 0 N–H and O–H groups in total. The van der Waals surface area contributed by atoms with E-state index in [9.17, 15) is 13.2 Å². The first-order valence-electron chi connectivity index (χ1n) is 1.03. The molecule has 0 aliphatic rings. The normalized spacial score (nSPS) is 6.00. The maximum Gasteiger partial charge on any atom is 0.379 e. The van der Waals surface area contributed by atoms with Gasteiger partial charge in [0.05, 0.1) is 0 Å². The second-order valence-corrected chi connectivity index (χ2v) is 0.247. The summed E-state index contributed by atoms with van der Waals surface area (Å²) in [6.45, 7) is -3.67. The molecule has 0 radical (unpaired) electrons. The summed E-state index contributed by atoms with van der Waals surface area (Å²) < 4.78 is 29.0. The summed E-state index contributed by atoms with van der Waals surface area (Å²) in [5.41, 5.74) is 0. The van der Waals surface area contributed by atoms with Crippen molar-refractivity contribution < 1.29 is 13.2 Å². The van der Waals surface area contributed by atoms with Crippen LogP contribution in [-0.2, 0) is 0 Å². The van der Waals surface area contributed by atoms with Crippen molar-refractivity contribution in [3.63, 3.8) is 0 Å². The third kappa shape index (κ3) is 128. The number of rotatable bonds is 0. The van der Waals surface area contributed by atoms with Crippen molar-refractivity contribution in [2.75, 3.05) is 4.93 Å². The van der Waals surface area contributed by atoms with Gasteiger partial charge in [0.25, 0.3) is 0 Å². The molecule has 0 atom stereocenters. The Morgan fingerprint density at radius 1 is 1.14 bits per heavy atom. The Kier molecular flexibility index (Phi) is 35.2. The maximum absolute atomic E-state index is 9.67. The van der Waals surface area contributed by atoms with Crippen LogP contribution in [0.1, 0.15) is 0 Å². The summed E-state index contributed by atoms with van der Waals surface area (Å²) in [4.78, 5) is 1.97. The Bertz CT molecular complexity index is 15.7. The molecule has 0 amide bonds. The average molecular weight is 340 g/mol. The zero-order valence-electron chi connectivity index (χ0n) is 3.50. The highest BCUT2D eigenvalue weighted by Crippen LogP contribution is 1.87. The summed E-state index contributed by atoms with van der Waals surface area (Å²) in [5.74, 6) is 0. The fourth-order valence-corrected chi connectivity index (χ4v) is 0. The summed E-state index contributed by atoms with van der Waals surface area (Å²) in [7, 11) is 0. The highest BCUT2D eigenvalue weighted by Gasteiger charge is 1.86. The quantitative estimate of drug-likeness (QED) is 0.470. The molecule has 0 aromatic carbocycles. The van der Waals surface area contributed by atoms with Gasteiger partial charge in [0.15, 0.2) is 0 Å². The molecule has 0 unspecified atom stereocenters. The van der Waals surface area contributed by atoms with Crippen LogP contribution in [0.15, 0.2) is 0 Å². The van der Waals surface area contributed by atoms with Crippen LogP contribution < -0.4 is 0 Å². The molecule has 0 heterocycles. The summed E-state index contributed by atoms with van der Waals surface area (Å²) >= 11 is 2.15. The molecule has 0 aromatic rings. The Hall–Kier alpha value is 1.25. The van der Waals surface area contributed by atoms with Crippen molar-refractivity contribution >= 4 is 46.6 Å². The van der Waals surface area contributed by atoms with Crippen molar-refractivity contribution in [1.82, 2.24) is 0 Å². The zero-order valence-corrected chi connectivity index (χ0v) is 7.99. The third-order valence-electron chi connectivity index (χ3n) is 0. The molecule has 0 aliphatic carbocycles. The van der Waals surface area contributed by atoms with Crippen molar-refractivity contribution in [3.05, 3.63) is 0 Å². The van der Waals surface area contributed by atoms with E-state index in [1.807, 2.05) is 4.93 Å². The van der Waals surface area contributed by atoms with Crippen LogP contribution in [0.3, 0.4) is 0 Å². The van der Waals surface area contributed by atoms with Gasteiger partial charge < -0.3 is 0 Å². The van der Waals surface area contributed by atoms with Crippen molar-refractivity contribution in [2.24, 2.45) is 0 Å². The summed E-state index contributed by atoms with van der Waals surface area (Å²) in [6.07, 6.45) is 0. The lowest BCUT2D eigenvalue weighted by atomic mass is 11.6. The molecule has 0 spiro atoms. The fourth-order valence-electron chi connectivity index (χ4n) is 0. The van der Waals surface area contributed by atoms with Crippen LogP contribution in [0.5, 0.6) is 0 Å². The van der Waals surface area contributed by atoms with Gasteiger partial charge in [0.2, 0.25) is 0 Å². The molecule has 7 heavy (non-hydrogen) atoms. The molecule has 0 fully saturated rings. The molecule has 0 rings (SSSR count). The summed E-state index contributed by atoms with van der Waals surface area (Å²) in [6, 6.07) is 0. The van der Waals surface area contributed by atoms with Gasteiger partial charge in [0, 0.05) is 0 Å². The van der Waals surface area contributed by atoms with E-state index in [2.05, 4.69) is 22.6 Å². The van der Waals surface area contributed by atoms with E-state index in [0.717, 1.165) is 0 Å². The first-order valence-corrected chi connectivity index (χ1v) is 3.19. The SMILES string of the molecule is CI.FC(F)F.I. The molecule has 48 valence electrons. The molecule has 0 saturated carbocycles. The van der Waals surface area contributed by atoms with Crippen LogP contribution in [0.2, 0.25) is 0 Å². The molecular weight excluding hydrogens is 335 g/mol. The Morgan fingerprint density at radius 3 is 1.14 bits per heavy atom. The highest BCUT2D eigenvalue weighted by atomic mass is 127. The van der Waals surface area contributed by atoms with Gasteiger partial charge in [-0.25, -0.2) is 0 Å². The summed E-state index contributed by atoms with van der Waals surface area (Å²) in [5, 5.41) is 0. The van der Waals surface area contributed by atoms with E-state index in [-0.39, 0.29) is 24.0 Å². The van der Waals surface area contributed by atoms with Crippen LogP contribution >= 0.6 is 46.6 Å². The molecule has 0 aromatic heterocycles. The second kappa shape index (κ2) is 15.7. The second-order valence-electron chi connectivity index (χ2n) is 0.247. The number of hydrogen-bond donors (Lipinski definition) is 0. The van der Waals surface area contributed by atoms with Crippen LogP contribution in [-0.4, -0.2) is 11.6 Å². The minimum atomic E-state index is -3.67. The smallest absolute Gasteiger partial charge is 0.174 e. The van der Waals surface area contributed by atoms with Gasteiger partial charge in [-0.2, -0.15) is 13.2 Å². The van der Waals surface area contributed by atoms with Crippen LogP contribution in [0, 0.1) is 0 Å². The van der Waals surface area contributed by atoms with E-state index in [1.54, 1.807) is 0 Å². The first-order chi connectivity index (χ1) is 2.73. The topological polar surface area (TPSA) is 0 Å². The monoisotopic (exact) mass is 340 g/mol. The van der Waals surface area contributed by atoms with Crippen LogP contribution in [0.25, 0.3) is 0 Å². The zero-order chi connectivity index (χ0) is 5.58. The van der Waals surface area contributed by atoms with E-state index in [4.69, 9.17) is 0 Å². The fraction of sp³-hybridized carbons (Fsp3) is 1.00. The lowest BCUT2D eigenvalue weighted by molar-refractivity contribution is 0.00819. The van der Waals surface area contributed by atoms with Crippen molar-refractivity contribution in [2.45, 2.75) is 6.68 Å². The lowest BCUT2D eigenvalue weighted by Gasteiger charge is -1.65. The van der Waals surface area contributed by atoms with Crippen LogP contribution in [0.4, 0.5) is 13.2 Å². The first kappa shape index (κ1) is 15.7. The van der Waals surface area contributed by atoms with Gasteiger partial charge >= 0.3 is 6.68 Å². The Morgan fingerprint density at radius 2 is 1.14 bits per heavy atom. The Balaban J connectivity index is -0.0000000480. The Labute approximate surface area is 71.0 Å². The van der Waals surface area contributed by atoms with E-state index < -0.39 is 6.68 Å². The van der Waals surface area contributed by atoms with Crippen molar-refractivity contribution in [1.29, 1.82) is 0 Å². The minimum Gasteiger partial charge on any atom is -0.174 e. The van der Waals surface area contributed by atoms with Gasteiger partial charge in [-0.3, -0.25) is 0 Å². The van der Waals surface area contributed by atoms with Gasteiger partial charge in [-0.1, -0.05) is 22.6 Å². The van der Waals surface area contributed by atoms with Gasteiger partial charge in [0.1, 0.15) is 0 Å². The molecule has 0 bridgehead atoms. The highest BCUT2D eigenvalue weighted by molar-refractivity contribution is 14.1. The molecule has 0 saturated heterocycles. The molecular formula is C2H5F3I2. The number of alkyl halides is 4. The minimum absolute atomic E-state index is 0. The van der Waals surface area contributed by atoms with Crippen molar-refractivity contribution in [3.8, 4) is 0 Å². The van der Waals surface area contributed by atoms with E-state index in [1.165, 1.54) is 0 Å². The van der Waals surface area contributed by atoms with Gasteiger partial charge in [-0.15, -0.1) is 24.0 Å². The predicted octanol–water partition coefficient (Wildman–Crippen LogP) is 2.85. The maximum atomic E-state index is 9.67. The number of hydrogen-bond acceptors (Lipinski definition) is 0. The lowest BCUT2D eigenvalue weighted by Crippen LogP contribution is -1.65. The van der Waals surface area contributed by atoms with E-state index >= 15 is 0 Å². The van der Waals surface area contributed by atoms with E-state index in [0.29, 0.717) is 0 Å². The standard InChI is InChI=1S/CHF3.CH3I.HI/c2-1(3)4;1-2;/h1H;1H3;1H. The third-order valence-corrected chi connectivity index (χ3v) is 0. The molecule has 0 aliphatic heterocycles. The van der Waals surface area contributed by atoms with Gasteiger partial charge in [-0.05, 0) is 4.93 Å². The number of halogens is 5. The predicted molar refractivity (Wildman–Crippen MR) is 42.5 cm³/mol.